The number of benzene rings is 1. The first-order chi connectivity index (χ1) is 7.72. The molecule has 1 aromatic carbocycles. The molecule has 0 fully saturated rings. The van der Waals surface area contributed by atoms with Crippen LogP contribution in [0.25, 0.3) is 0 Å². The van der Waals surface area contributed by atoms with Crippen LogP contribution in [0, 0.1) is 12.8 Å². The first-order valence-electron chi connectivity index (χ1n) is 5.51. The van der Waals surface area contributed by atoms with Crippen LogP contribution in [0.15, 0.2) is 53.5 Å². The summed E-state index contributed by atoms with van der Waals surface area (Å²) in [4.78, 5) is 1.03. The molecule has 0 heterocycles. The van der Waals surface area contributed by atoms with Crippen LogP contribution in [0.1, 0.15) is 13.4 Å². The average Bonchev–Trinajstić information content (AvgIpc) is 2.31. The van der Waals surface area contributed by atoms with E-state index in [0.29, 0.717) is 5.92 Å². The molecule has 0 saturated carbocycles. The highest BCUT2D eigenvalue weighted by molar-refractivity contribution is 7.80. The van der Waals surface area contributed by atoms with Gasteiger partial charge in [-0.2, -0.15) is 0 Å². The largest absolute Gasteiger partial charge is 0.412 e. The standard InChI is InChI=1S/C7H11N.C7H8S.2H2O.H2/c8-6-7-4-2-1-3-5-7;1-6-3-2-4-7(8)5-6;;;/h1-4,7H,5-6,8H2;2-5,8H,1H3;2*1H2;1H. The fraction of sp³-hybridized carbons (Fsp3) is 0.286. The van der Waals surface area contributed by atoms with Gasteiger partial charge in [0.2, 0.25) is 0 Å². The second-order valence-corrected chi connectivity index (χ2v) is 4.40. The average molecular weight is 271 g/mol. The molecule has 0 radical (unpaired) electrons. The van der Waals surface area contributed by atoms with E-state index in [9.17, 15) is 0 Å². The second-order valence-electron chi connectivity index (χ2n) is 3.88. The number of thiol groups is 1. The van der Waals surface area contributed by atoms with Crippen molar-refractivity contribution in [2.45, 2.75) is 18.2 Å². The van der Waals surface area contributed by atoms with Crippen LogP contribution in [0.3, 0.4) is 0 Å². The molecule has 1 aliphatic carbocycles. The highest BCUT2D eigenvalue weighted by Crippen LogP contribution is 2.08. The monoisotopic (exact) mass is 271 g/mol. The lowest BCUT2D eigenvalue weighted by Crippen LogP contribution is -2.11. The Morgan fingerprint density at radius 3 is 2.39 bits per heavy atom. The number of rotatable bonds is 1. The molecule has 3 nitrogen and oxygen atoms in total. The van der Waals surface area contributed by atoms with E-state index in [0.717, 1.165) is 17.9 Å². The van der Waals surface area contributed by atoms with E-state index in [2.05, 4.69) is 49.9 Å². The van der Waals surface area contributed by atoms with Crippen LogP contribution in [-0.2, 0) is 0 Å². The minimum absolute atomic E-state index is 0. The number of allylic oxidation sites excluding steroid dienone is 3. The number of hydrogen-bond donors (Lipinski definition) is 2. The van der Waals surface area contributed by atoms with Gasteiger partial charge in [0.05, 0.1) is 0 Å². The predicted molar refractivity (Wildman–Crippen MR) is 83.2 cm³/mol. The van der Waals surface area contributed by atoms with Crippen molar-refractivity contribution in [1.82, 2.24) is 0 Å². The summed E-state index contributed by atoms with van der Waals surface area (Å²) in [5, 5.41) is 0. The van der Waals surface area contributed by atoms with Crippen molar-refractivity contribution in [2.24, 2.45) is 11.7 Å². The first-order valence-corrected chi connectivity index (χ1v) is 5.96. The van der Waals surface area contributed by atoms with Crippen LogP contribution in [-0.4, -0.2) is 17.5 Å². The highest BCUT2D eigenvalue weighted by Gasteiger charge is 1.99. The zero-order valence-corrected chi connectivity index (χ0v) is 11.5. The third-order valence-corrected chi connectivity index (χ3v) is 2.65. The molecule has 0 amide bonds. The third-order valence-electron chi connectivity index (χ3n) is 2.37. The molecule has 1 aromatic rings. The lowest BCUT2D eigenvalue weighted by Gasteiger charge is -2.07. The topological polar surface area (TPSA) is 89.0 Å². The van der Waals surface area contributed by atoms with E-state index in [1.165, 1.54) is 5.56 Å². The molecule has 0 bridgehead atoms. The normalized spacial score (nSPS) is 15.8. The summed E-state index contributed by atoms with van der Waals surface area (Å²) >= 11 is 4.15. The van der Waals surface area contributed by atoms with E-state index in [1.807, 2.05) is 18.2 Å². The maximum atomic E-state index is 5.42. The molecule has 1 unspecified atom stereocenters. The van der Waals surface area contributed by atoms with Gasteiger partial charge in [-0.3, -0.25) is 0 Å². The van der Waals surface area contributed by atoms with Crippen molar-refractivity contribution in [2.75, 3.05) is 6.54 Å². The van der Waals surface area contributed by atoms with Crippen molar-refractivity contribution in [3.8, 4) is 0 Å². The quantitative estimate of drug-likeness (QED) is 0.751. The zero-order valence-electron chi connectivity index (χ0n) is 10.6. The summed E-state index contributed by atoms with van der Waals surface area (Å²) in [6.45, 7) is 2.83. The SMILES string of the molecule is Cc1cccc(S)c1.NCC1C=CC=CC1.O.O.[HH]. The summed E-state index contributed by atoms with van der Waals surface area (Å²) < 4.78 is 0. The van der Waals surface area contributed by atoms with Crippen molar-refractivity contribution in [1.29, 1.82) is 0 Å². The maximum Gasteiger partial charge on any atom is 0.00426 e. The van der Waals surface area contributed by atoms with Crippen LogP contribution in [0.5, 0.6) is 0 Å². The molecular weight excluding hydrogens is 246 g/mol. The molecule has 104 valence electrons. The summed E-state index contributed by atoms with van der Waals surface area (Å²) in [6.07, 6.45) is 9.54. The zero-order chi connectivity index (χ0) is 11.8. The molecule has 18 heavy (non-hydrogen) atoms. The molecule has 0 saturated heterocycles. The number of hydrogen-bond acceptors (Lipinski definition) is 2. The van der Waals surface area contributed by atoms with Gasteiger partial charge < -0.3 is 16.7 Å². The molecule has 1 aliphatic rings. The van der Waals surface area contributed by atoms with Gasteiger partial charge in [0.15, 0.2) is 0 Å². The Morgan fingerprint density at radius 1 is 1.33 bits per heavy atom. The summed E-state index contributed by atoms with van der Waals surface area (Å²) in [5.41, 5.74) is 6.68. The van der Waals surface area contributed by atoms with Crippen LogP contribution in [0.4, 0.5) is 0 Å². The molecule has 2 rings (SSSR count). The Bertz CT molecular complexity index is 366. The molecule has 0 aliphatic heterocycles. The Balaban J connectivity index is -0.000000233. The predicted octanol–water partition coefficient (Wildman–Crippen LogP) is 1.96. The van der Waals surface area contributed by atoms with Gasteiger partial charge >= 0.3 is 0 Å². The lowest BCUT2D eigenvalue weighted by molar-refractivity contribution is 0.669. The Labute approximate surface area is 116 Å². The third kappa shape index (κ3) is 8.08. The summed E-state index contributed by atoms with van der Waals surface area (Å²) in [6, 6.07) is 8.05. The van der Waals surface area contributed by atoms with Gasteiger partial charge in [-0.1, -0.05) is 42.0 Å². The second kappa shape index (κ2) is 11.0. The van der Waals surface area contributed by atoms with E-state index in [1.54, 1.807) is 0 Å². The maximum absolute atomic E-state index is 5.42. The summed E-state index contributed by atoms with van der Waals surface area (Å²) in [5.74, 6) is 0.597. The molecule has 0 spiro atoms. The number of nitrogens with two attached hydrogens (primary N) is 1. The van der Waals surface area contributed by atoms with Gasteiger partial charge in [-0.05, 0) is 37.9 Å². The Hall–Kier alpha value is -1.07. The Morgan fingerprint density at radius 2 is 2.06 bits per heavy atom. The first kappa shape index (κ1) is 19.3. The van der Waals surface area contributed by atoms with Crippen LogP contribution < -0.4 is 5.73 Å². The van der Waals surface area contributed by atoms with Crippen molar-refractivity contribution in [3.63, 3.8) is 0 Å². The van der Waals surface area contributed by atoms with Gasteiger partial charge in [-0.15, -0.1) is 12.6 Å². The van der Waals surface area contributed by atoms with Crippen molar-refractivity contribution >= 4 is 12.6 Å². The fourth-order valence-corrected chi connectivity index (χ4v) is 1.72. The lowest BCUT2D eigenvalue weighted by atomic mass is 10.0. The highest BCUT2D eigenvalue weighted by atomic mass is 32.1. The minimum atomic E-state index is 0. The molecule has 6 N–H and O–H groups in total. The van der Waals surface area contributed by atoms with Gasteiger partial charge in [-0.25, -0.2) is 0 Å². The van der Waals surface area contributed by atoms with E-state index < -0.39 is 0 Å². The van der Waals surface area contributed by atoms with Gasteiger partial charge in [0.1, 0.15) is 0 Å². The van der Waals surface area contributed by atoms with Gasteiger partial charge in [0, 0.05) is 6.32 Å². The summed E-state index contributed by atoms with van der Waals surface area (Å²) in [7, 11) is 0. The molecule has 4 heteroatoms. The number of aryl methyl sites for hydroxylation is 1. The van der Waals surface area contributed by atoms with Gasteiger partial charge in [0.25, 0.3) is 0 Å². The van der Waals surface area contributed by atoms with E-state index in [4.69, 9.17) is 5.73 Å². The minimum Gasteiger partial charge on any atom is -0.412 e. The molecule has 0 aromatic heterocycles. The smallest absolute Gasteiger partial charge is 0.00426 e. The van der Waals surface area contributed by atoms with E-state index >= 15 is 0 Å². The molecule has 1 atom stereocenters. The van der Waals surface area contributed by atoms with Crippen LogP contribution >= 0.6 is 12.6 Å². The van der Waals surface area contributed by atoms with Crippen molar-refractivity contribution < 1.29 is 12.4 Å². The fourth-order valence-electron chi connectivity index (χ4n) is 1.43. The van der Waals surface area contributed by atoms with E-state index in [-0.39, 0.29) is 12.4 Å². The van der Waals surface area contributed by atoms with Crippen molar-refractivity contribution in [3.05, 3.63) is 54.1 Å². The van der Waals surface area contributed by atoms with Crippen LogP contribution in [0.2, 0.25) is 0 Å². The Kier molecular flexibility index (Phi) is 11.8. The molecular formula is C14H25NO2S.